The summed E-state index contributed by atoms with van der Waals surface area (Å²) in [6.07, 6.45) is 2.75. The number of non-ortho nitro benzene ring substituents is 1. The van der Waals surface area contributed by atoms with Crippen LogP contribution in [0.5, 0.6) is 5.75 Å². The van der Waals surface area contributed by atoms with Crippen LogP contribution in [0.2, 0.25) is 0 Å². The summed E-state index contributed by atoms with van der Waals surface area (Å²) in [5.41, 5.74) is 0.694. The summed E-state index contributed by atoms with van der Waals surface area (Å²) in [6.45, 7) is 0. The molecule has 0 amide bonds. The van der Waals surface area contributed by atoms with Gasteiger partial charge in [0.25, 0.3) is 5.69 Å². The van der Waals surface area contributed by atoms with Crippen molar-refractivity contribution in [3.8, 4) is 5.75 Å². The monoisotopic (exact) mass is 269 g/mol. The SMILES string of the molecule is O=C(/C=C/c1cccc([N+](=O)[O-])c1)c1ccccc1O. The topological polar surface area (TPSA) is 80.4 Å². The Bertz CT molecular complexity index is 692. The van der Waals surface area contributed by atoms with E-state index in [0.717, 1.165) is 0 Å². The molecule has 1 N–H and O–H groups in total. The zero-order valence-electron chi connectivity index (χ0n) is 10.4. The molecular weight excluding hydrogens is 258 g/mol. The summed E-state index contributed by atoms with van der Waals surface area (Å²) < 4.78 is 0. The van der Waals surface area contributed by atoms with Gasteiger partial charge in [-0.2, -0.15) is 0 Å². The van der Waals surface area contributed by atoms with Crippen LogP contribution >= 0.6 is 0 Å². The Hall–Kier alpha value is -2.95. The highest BCUT2D eigenvalue weighted by Gasteiger charge is 2.07. The summed E-state index contributed by atoms with van der Waals surface area (Å²) in [5, 5.41) is 20.2. The number of ketones is 1. The average molecular weight is 269 g/mol. The average Bonchev–Trinajstić information content (AvgIpc) is 2.45. The Morgan fingerprint density at radius 2 is 1.90 bits per heavy atom. The fraction of sp³-hybridized carbons (Fsp3) is 0. The van der Waals surface area contributed by atoms with Crippen molar-refractivity contribution in [2.45, 2.75) is 0 Å². The second-order valence-corrected chi connectivity index (χ2v) is 4.07. The highest BCUT2D eigenvalue weighted by Crippen LogP contribution is 2.18. The number of nitrogens with zero attached hydrogens (tertiary/aromatic N) is 1. The number of hydrogen-bond donors (Lipinski definition) is 1. The van der Waals surface area contributed by atoms with Gasteiger partial charge >= 0.3 is 0 Å². The molecule has 100 valence electrons. The molecule has 0 aromatic heterocycles. The Labute approximate surface area is 115 Å². The molecule has 0 aliphatic heterocycles. The smallest absolute Gasteiger partial charge is 0.270 e. The number of aromatic hydroxyl groups is 1. The van der Waals surface area contributed by atoms with Gasteiger partial charge in [-0.05, 0) is 23.8 Å². The van der Waals surface area contributed by atoms with Crippen LogP contribution in [-0.4, -0.2) is 15.8 Å². The molecule has 0 heterocycles. The second-order valence-electron chi connectivity index (χ2n) is 4.07. The molecule has 0 atom stereocenters. The molecule has 0 aliphatic carbocycles. The Balaban J connectivity index is 2.21. The zero-order chi connectivity index (χ0) is 14.5. The highest BCUT2D eigenvalue weighted by atomic mass is 16.6. The quantitative estimate of drug-likeness (QED) is 0.400. The minimum Gasteiger partial charge on any atom is -0.507 e. The van der Waals surface area contributed by atoms with Crippen molar-refractivity contribution in [1.29, 1.82) is 0 Å². The third-order valence-electron chi connectivity index (χ3n) is 2.68. The van der Waals surface area contributed by atoms with E-state index < -0.39 is 4.92 Å². The highest BCUT2D eigenvalue weighted by molar-refractivity contribution is 6.08. The van der Waals surface area contributed by atoms with Crippen LogP contribution in [0, 0.1) is 10.1 Å². The van der Waals surface area contributed by atoms with E-state index in [0.29, 0.717) is 5.56 Å². The fourth-order valence-electron chi connectivity index (χ4n) is 1.69. The molecule has 0 saturated carbocycles. The summed E-state index contributed by atoms with van der Waals surface area (Å²) in [4.78, 5) is 22.0. The van der Waals surface area contributed by atoms with E-state index in [9.17, 15) is 20.0 Å². The molecule has 0 fully saturated rings. The van der Waals surface area contributed by atoms with E-state index >= 15 is 0 Å². The molecule has 0 spiro atoms. The zero-order valence-corrected chi connectivity index (χ0v) is 10.4. The molecule has 0 saturated heterocycles. The summed E-state index contributed by atoms with van der Waals surface area (Å²) in [7, 11) is 0. The van der Waals surface area contributed by atoms with Gasteiger partial charge in [0.05, 0.1) is 10.5 Å². The lowest BCUT2D eigenvalue weighted by Gasteiger charge is -1.99. The van der Waals surface area contributed by atoms with Crippen molar-refractivity contribution in [3.05, 3.63) is 75.8 Å². The van der Waals surface area contributed by atoms with Crippen LogP contribution < -0.4 is 0 Å². The first-order valence-electron chi connectivity index (χ1n) is 5.83. The molecular formula is C15H11NO4. The molecule has 5 heteroatoms. The van der Waals surface area contributed by atoms with Gasteiger partial charge in [-0.3, -0.25) is 14.9 Å². The van der Waals surface area contributed by atoms with Crippen LogP contribution in [0.1, 0.15) is 15.9 Å². The van der Waals surface area contributed by atoms with Crippen LogP contribution in [0.25, 0.3) is 6.08 Å². The molecule has 0 bridgehead atoms. The van der Waals surface area contributed by atoms with E-state index in [-0.39, 0.29) is 22.8 Å². The lowest BCUT2D eigenvalue weighted by atomic mass is 10.1. The second kappa shape index (κ2) is 5.79. The minimum atomic E-state index is -0.498. The van der Waals surface area contributed by atoms with Crippen molar-refractivity contribution >= 4 is 17.5 Å². The fourth-order valence-corrected chi connectivity index (χ4v) is 1.69. The van der Waals surface area contributed by atoms with E-state index in [1.54, 1.807) is 24.3 Å². The van der Waals surface area contributed by atoms with Gasteiger partial charge in [0.2, 0.25) is 0 Å². The van der Waals surface area contributed by atoms with Gasteiger partial charge in [-0.15, -0.1) is 0 Å². The number of benzene rings is 2. The standard InChI is InChI=1S/C15H11NO4/c17-14-7-2-1-6-13(14)15(18)9-8-11-4-3-5-12(10-11)16(19)20/h1-10,17H/b9-8+. The number of nitro groups is 1. The third-order valence-corrected chi connectivity index (χ3v) is 2.68. The summed E-state index contributed by atoms with van der Waals surface area (Å²) in [5.74, 6) is -0.462. The van der Waals surface area contributed by atoms with Crippen LogP contribution in [0.3, 0.4) is 0 Å². The van der Waals surface area contributed by atoms with Gasteiger partial charge in [-0.25, -0.2) is 0 Å². The van der Waals surface area contributed by atoms with E-state index in [1.165, 1.54) is 36.4 Å². The normalized spacial score (nSPS) is 10.6. The Morgan fingerprint density at radius 3 is 2.60 bits per heavy atom. The molecule has 20 heavy (non-hydrogen) atoms. The minimum absolute atomic E-state index is 0.0397. The predicted octanol–water partition coefficient (Wildman–Crippen LogP) is 3.20. The molecule has 2 aromatic carbocycles. The van der Waals surface area contributed by atoms with E-state index in [4.69, 9.17) is 0 Å². The number of hydrogen-bond acceptors (Lipinski definition) is 4. The Morgan fingerprint density at radius 1 is 1.15 bits per heavy atom. The number of rotatable bonds is 4. The third kappa shape index (κ3) is 3.08. The Kier molecular flexibility index (Phi) is 3.91. The van der Waals surface area contributed by atoms with Gasteiger partial charge in [0, 0.05) is 12.1 Å². The molecule has 5 nitrogen and oxygen atoms in total. The number of phenolic OH excluding ortho intramolecular Hbond substituents is 1. The molecule has 0 radical (unpaired) electrons. The van der Waals surface area contributed by atoms with E-state index in [1.807, 2.05) is 0 Å². The van der Waals surface area contributed by atoms with Crippen molar-refractivity contribution in [2.75, 3.05) is 0 Å². The maximum absolute atomic E-state index is 11.9. The largest absolute Gasteiger partial charge is 0.507 e. The van der Waals surface area contributed by atoms with Gasteiger partial charge in [-0.1, -0.05) is 30.3 Å². The van der Waals surface area contributed by atoms with Gasteiger partial charge in [0.15, 0.2) is 5.78 Å². The summed E-state index contributed by atoms with van der Waals surface area (Å²) >= 11 is 0. The van der Waals surface area contributed by atoms with Crippen LogP contribution in [0.15, 0.2) is 54.6 Å². The van der Waals surface area contributed by atoms with Crippen molar-refractivity contribution in [1.82, 2.24) is 0 Å². The molecule has 2 aromatic rings. The van der Waals surface area contributed by atoms with Crippen molar-refractivity contribution < 1.29 is 14.8 Å². The van der Waals surface area contributed by atoms with Gasteiger partial charge < -0.3 is 5.11 Å². The first-order valence-corrected chi connectivity index (χ1v) is 5.83. The van der Waals surface area contributed by atoms with E-state index in [2.05, 4.69) is 0 Å². The lowest BCUT2D eigenvalue weighted by Crippen LogP contribution is -1.94. The lowest BCUT2D eigenvalue weighted by molar-refractivity contribution is -0.384. The number of nitro benzene ring substituents is 1. The van der Waals surface area contributed by atoms with Gasteiger partial charge in [0.1, 0.15) is 5.75 Å². The maximum Gasteiger partial charge on any atom is 0.270 e. The number of carbonyl (C=O) groups is 1. The molecule has 2 rings (SSSR count). The summed E-state index contributed by atoms with van der Waals surface area (Å²) in [6, 6.07) is 12.1. The number of phenols is 1. The van der Waals surface area contributed by atoms with Crippen molar-refractivity contribution in [3.63, 3.8) is 0 Å². The van der Waals surface area contributed by atoms with Crippen LogP contribution in [-0.2, 0) is 0 Å². The first-order chi connectivity index (χ1) is 9.58. The molecule has 0 unspecified atom stereocenters. The van der Waals surface area contributed by atoms with Crippen LogP contribution in [0.4, 0.5) is 5.69 Å². The van der Waals surface area contributed by atoms with Crippen molar-refractivity contribution in [2.24, 2.45) is 0 Å². The number of carbonyl (C=O) groups excluding carboxylic acids is 1. The number of para-hydroxylation sites is 1. The predicted molar refractivity (Wildman–Crippen MR) is 74.6 cm³/mol. The number of allylic oxidation sites excluding steroid dienone is 1. The molecule has 0 aliphatic rings. The maximum atomic E-state index is 11.9. The first kappa shape index (κ1) is 13.5.